The van der Waals surface area contributed by atoms with E-state index >= 15 is 0 Å². The molecule has 3 aromatic rings. The molecule has 0 aliphatic rings. The zero-order valence-corrected chi connectivity index (χ0v) is 16.4. The Morgan fingerprint density at radius 2 is 1.71 bits per heavy atom. The first-order valence-corrected chi connectivity index (χ1v) is 10.0. The van der Waals surface area contributed by atoms with E-state index in [4.69, 9.17) is 0 Å². The lowest BCUT2D eigenvalue weighted by Crippen LogP contribution is -2.35. The van der Waals surface area contributed by atoms with Gasteiger partial charge in [-0.2, -0.15) is 5.10 Å². The third-order valence-corrected chi connectivity index (χ3v) is 5.99. The van der Waals surface area contributed by atoms with Crippen molar-refractivity contribution in [2.24, 2.45) is 7.05 Å². The molecule has 1 heterocycles. The zero-order valence-electron chi connectivity index (χ0n) is 15.6. The lowest BCUT2D eigenvalue weighted by molar-refractivity contribution is 0.509. The van der Waals surface area contributed by atoms with Gasteiger partial charge in [0.1, 0.15) is 5.37 Å². The summed E-state index contributed by atoms with van der Waals surface area (Å²) in [5.74, 6) is -1.86. The van der Waals surface area contributed by atoms with E-state index in [1.165, 1.54) is 20.0 Å². The smallest absolute Gasteiger partial charge is 0.232 e. The Labute approximate surface area is 162 Å². The number of aromatic nitrogens is 2. The van der Waals surface area contributed by atoms with Gasteiger partial charge >= 0.3 is 0 Å². The molecular formula is C19H20F2N4O2S. The first-order valence-electron chi connectivity index (χ1n) is 8.49. The highest BCUT2D eigenvalue weighted by molar-refractivity contribution is 7.90. The van der Waals surface area contributed by atoms with E-state index < -0.39 is 27.0 Å². The molecule has 2 aromatic carbocycles. The normalized spacial score (nSPS) is 12.8. The molecule has 0 radical (unpaired) electrons. The summed E-state index contributed by atoms with van der Waals surface area (Å²) in [6, 6.07) is 10.6. The average Bonchev–Trinajstić information content (AvgIpc) is 3.10. The fourth-order valence-electron chi connectivity index (χ4n) is 2.77. The van der Waals surface area contributed by atoms with Crippen LogP contribution >= 0.6 is 0 Å². The van der Waals surface area contributed by atoms with Crippen LogP contribution in [0, 0.1) is 11.6 Å². The number of halogens is 2. The molecule has 148 valence electrons. The molecule has 0 saturated carbocycles. The topological polar surface area (TPSA) is 76.0 Å². The molecule has 0 aliphatic carbocycles. The van der Waals surface area contributed by atoms with Crippen molar-refractivity contribution < 1.29 is 17.2 Å². The van der Waals surface area contributed by atoms with Crippen LogP contribution in [0.4, 0.5) is 14.5 Å². The van der Waals surface area contributed by atoms with E-state index in [0.717, 1.165) is 12.1 Å². The Kier molecular flexibility index (Phi) is 5.48. The van der Waals surface area contributed by atoms with Gasteiger partial charge in [0.2, 0.25) is 10.0 Å². The van der Waals surface area contributed by atoms with Crippen LogP contribution in [0.15, 0.2) is 48.7 Å². The van der Waals surface area contributed by atoms with E-state index in [1.807, 2.05) is 0 Å². The van der Waals surface area contributed by atoms with Crippen LogP contribution in [-0.4, -0.2) is 30.6 Å². The van der Waals surface area contributed by atoms with E-state index in [2.05, 4.69) is 15.1 Å². The molecule has 9 heteroatoms. The number of rotatable bonds is 6. The van der Waals surface area contributed by atoms with Crippen molar-refractivity contribution in [3.8, 4) is 22.4 Å². The van der Waals surface area contributed by atoms with Gasteiger partial charge in [-0.15, -0.1) is 0 Å². The molecule has 2 N–H and O–H groups in total. The number of hydrogen-bond acceptors (Lipinski definition) is 4. The molecule has 0 amide bonds. The quantitative estimate of drug-likeness (QED) is 0.658. The summed E-state index contributed by atoms with van der Waals surface area (Å²) in [7, 11) is -0.426. The van der Waals surface area contributed by atoms with Gasteiger partial charge in [0.05, 0.1) is 5.69 Å². The summed E-state index contributed by atoms with van der Waals surface area (Å²) in [6.07, 6.45) is 1.76. The van der Waals surface area contributed by atoms with Crippen molar-refractivity contribution in [3.63, 3.8) is 0 Å². The Bertz CT molecular complexity index is 1110. The maximum atomic E-state index is 13.6. The predicted molar refractivity (Wildman–Crippen MR) is 105 cm³/mol. The summed E-state index contributed by atoms with van der Waals surface area (Å²) in [5.41, 5.74) is 2.95. The Morgan fingerprint density at radius 1 is 1.04 bits per heavy atom. The van der Waals surface area contributed by atoms with Gasteiger partial charge in [-0.05, 0) is 55.4 Å². The van der Waals surface area contributed by atoms with Crippen molar-refractivity contribution in [3.05, 3.63) is 60.3 Å². The molecule has 28 heavy (non-hydrogen) atoms. The number of nitrogens with one attached hydrogen (secondary N) is 2. The summed E-state index contributed by atoms with van der Waals surface area (Å²) >= 11 is 0. The number of aryl methyl sites for hydroxylation is 1. The first-order chi connectivity index (χ1) is 13.2. The van der Waals surface area contributed by atoms with Crippen molar-refractivity contribution in [1.82, 2.24) is 14.5 Å². The van der Waals surface area contributed by atoms with Gasteiger partial charge in [0.25, 0.3) is 0 Å². The second-order valence-corrected chi connectivity index (χ2v) is 8.50. The van der Waals surface area contributed by atoms with Crippen molar-refractivity contribution in [2.45, 2.75) is 12.3 Å². The van der Waals surface area contributed by atoms with E-state index in [9.17, 15) is 17.2 Å². The van der Waals surface area contributed by atoms with Crippen LogP contribution in [0.2, 0.25) is 0 Å². The Morgan fingerprint density at radius 3 is 2.32 bits per heavy atom. The maximum absolute atomic E-state index is 13.6. The van der Waals surface area contributed by atoms with Crippen LogP contribution in [-0.2, 0) is 17.1 Å². The monoisotopic (exact) mass is 406 g/mol. The molecule has 1 unspecified atom stereocenters. The van der Waals surface area contributed by atoms with Crippen molar-refractivity contribution in [2.75, 3.05) is 12.4 Å². The van der Waals surface area contributed by atoms with Crippen molar-refractivity contribution >= 4 is 15.7 Å². The second-order valence-electron chi connectivity index (χ2n) is 6.30. The molecule has 0 fully saturated rings. The minimum Gasteiger partial charge on any atom is -0.368 e. The van der Waals surface area contributed by atoms with Crippen LogP contribution in [0.5, 0.6) is 0 Å². The molecule has 6 nitrogen and oxygen atoms in total. The zero-order chi connectivity index (χ0) is 20.5. The number of sulfonamides is 1. The second kappa shape index (κ2) is 7.69. The standard InChI is InChI=1S/C19H20F2N4O2S/c1-12(28(26,27)22-2)23-18-7-5-13(14-4-6-16(20)17(21)11-14)10-15(18)19-8-9-25(3)24-19/h4-12,22-23H,1-3H3. The van der Waals surface area contributed by atoms with E-state index in [1.54, 1.807) is 42.2 Å². The van der Waals surface area contributed by atoms with Gasteiger partial charge in [-0.25, -0.2) is 21.9 Å². The fourth-order valence-corrected chi connectivity index (χ4v) is 3.41. The average molecular weight is 406 g/mol. The third kappa shape index (κ3) is 4.05. The highest BCUT2D eigenvalue weighted by atomic mass is 32.2. The Hall–Kier alpha value is -2.78. The molecule has 0 saturated heterocycles. The number of nitrogens with zero attached hydrogens (tertiary/aromatic N) is 2. The van der Waals surface area contributed by atoms with Gasteiger partial charge < -0.3 is 5.32 Å². The first kappa shape index (κ1) is 20.0. The Balaban J connectivity index is 2.08. The van der Waals surface area contributed by atoms with Crippen molar-refractivity contribution in [1.29, 1.82) is 0 Å². The maximum Gasteiger partial charge on any atom is 0.232 e. The van der Waals surface area contributed by atoms with Gasteiger partial charge in [-0.3, -0.25) is 4.68 Å². The molecule has 1 atom stereocenters. The highest BCUT2D eigenvalue weighted by Gasteiger charge is 2.20. The number of anilines is 1. The lowest BCUT2D eigenvalue weighted by atomic mass is 10.00. The third-order valence-electron chi connectivity index (χ3n) is 4.37. The van der Waals surface area contributed by atoms with Crippen LogP contribution < -0.4 is 10.0 Å². The van der Waals surface area contributed by atoms with Gasteiger partial charge in [0.15, 0.2) is 11.6 Å². The lowest BCUT2D eigenvalue weighted by Gasteiger charge is -2.18. The minimum atomic E-state index is -3.54. The number of benzene rings is 2. The van der Waals surface area contributed by atoms with Crippen LogP contribution in [0.25, 0.3) is 22.4 Å². The van der Waals surface area contributed by atoms with Crippen LogP contribution in [0.1, 0.15) is 6.92 Å². The van der Waals surface area contributed by atoms with Gasteiger partial charge in [-0.1, -0.05) is 12.1 Å². The molecule has 3 rings (SSSR count). The molecule has 1 aromatic heterocycles. The van der Waals surface area contributed by atoms with Crippen LogP contribution in [0.3, 0.4) is 0 Å². The molecule has 0 aliphatic heterocycles. The SMILES string of the molecule is CNS(=O)(=O)C(C)Nc1ccc(-c2ccc(F)c(F)c2)cc1-c1ccn(C)n1. The predicted octanol–water partition coefficient (Wildman–Crippen LogP) is 3.34. The highest BCUT2D eigenvalue weighted by Crippen LogP contribution is 2.33. The summed E-state index contributed by atoms with van der Waals surface area (Å²) < 4.78 is 54.9. The largest absolute Gasteiger partial charge is 0.368 e. The number of hydrogen-bond donors (Lipinski definition) is 2. The molecular weight excluding hydrogens is 386 g/mol. The molecule has 0 bridgehead atoms. The summed E-state index contributed by atoms with van der Waals surface area (Å²) in [6.45, 7) is 1.53. The summed E-state index contributed by atoms with van der Waals surface area (Å²) in [5, 5.41) is 6.46. The summed E-state index contributed by atoms with van der Waals surface area (Å²) in [4.78, 5) is 0. The van der Waals surface area contributed by atoms with E-state index in [0.29, 0.717) is 28.1 Å². The van der Waals surface area contributed by atoms with E-state index in [-0.39, 0.29) is 0 Å². The van der Waals surface area contributed by atoms with Gasteiger partial charge in [0, 0.05) is 24.5 Å². The molecule has 0 spiro atoms. The fraction of sp³-hybridized carbons (Fsp3) is 0.211. The minimum absolute atomic E-state index is 0.499.